The molecule has 2 unspecified atom stereocenters. The van der Waals surface area contributed by atoms with Crippen LogP contribution in [0.4, 0.5) is 13.2 Å². The molecule has 3 rings (SSSR count). The van der Waals surface area contributed by atoms with Gasteiger partial charge in [-0.1, -0.05) is 36.3 Å². The lowest BCUT2D eigenvalue weighted by molar-refractivity contribution is -0.159. The average Bonchev–Trinajstić information content (AvgIpc) is 2.99. The van der Waals surface area contributed by atoms with E-state index in [1.54, 1.807) is 24.3 Å². The molecule has 0 amide bonds. The second kappa shape index (κ2) is 5.23. The van der Waals surface area contributed by atoms with Crippen LogP contribution in [0.3, 0.4) is 0 Å². The number of ketones is 1. The van der Waals surface area contributed by atoms with Crippen LogP contribution in [0.2, 0.25) is 0 Å². The van der Waals surface area contributed by atoms with Crippen molar-refractivity contribution in [3.05, 3.63) is 35.7 Å². The van der Waals surface area contributed by atoms with Gasteiger partial charge in [0.05, 0.1) is 0 Å². The molecule has 1 aromatic carbocycles. The Morgan fingerprint density at radius 1 is 1.32 bits per heavy atom. The van der Waals surface area contributed by atoms with Crippen molar-refractivity contribution in [1.82, 2.24) is 10.1 Å². The van der Waals surface area contributed by atoms with Crippen LogP contribution in [0, 0.1) is 11.8 Å². The molecular weight excluding hydrogens is 297 g/mol. The summed E-state index contributed by atoms with van der Waals surface area (Å²) < 4.78 is 41.4. The van der Waals surface area contributed by atoms with Gasteiger partial charge < -0.3 is 4.52 Å². The number of Topliss-reactive ketones (excluding diaryl/α,β-unsaturated/α-hetero) is 1. The van der Waals surface area contributed by atoms with Crippen LogP contribution in [0.5, 0.6) is 0 Å². The molecule has 0 aliphatic heterocycles. The van der Waals surface area contributed by atoms with Crippen LogP contribution >= 0.6 is 0 Å². The van der Waals surface area contributed by atoms with Gasteiger partial charge in [0.1, 0.15) is 5.78 Å². The molecule has 0 bridgehead atoms. The highest BCUT2D eigenvalue weighted by atomic mass is 19.4. The van der Waals surface area contributed by atoms with Gasteiger partial charge in [-0.2, -0.15) is 18.2 Å². The smallest absolute Gasteiger partial charge is 0.329 e. The first-order valence-electron chi connectivity index (χ1n) is 6.87. The summed E-state index contributed by atoms with van der Waals surface area (Å²) in [6, 6.07) is 6.57. The van der Waals surface area contributed by atoms with Gasteiger partial charge >= 0.3 is 12.1 Å². The predicted molar refractivity (Wildman–Crippen MR) is 70.7 cm³/mol. The molecule has 116 valence electrons. The first-order valence-corrected chi connectivity index (χ1v) is 6.87. The number of carbonyl (C=O) groups is 1. The Morgan fingerprint density at radius 2 is 1.95 bits per heavy atom. The third-order valence-electron chi connectivity index (χ3n) is 3.78. The van der Waals surface area contributed by atoms with E-state index in [-0.39, 0.29) is 17.5 Å². The lowest BCUT2D eigenvalue weighted by atomic mass is 10.0. The maximum Gasteiger partial charge on any atom is 0.471 e. The van der Waals surface area contributed by atoms with Gasteiger partial charge in [-0.05, 0) is 17.9 Å². The minimum Gasteiger partial charge on any atom is -0.329 e. The minimum absolute atomic E-state index is 0.124. The standard InChI is InChI=1S/C15H13F3N2O2/c1-8-6-11(8)12(21)7-9-2-4-10(5-3-9)13-19-14(22-20-13)15(16,17)18/h2-5,8,11H,6-7H2,1H3. The maximum atomic E-state index is 12.4. The normalized spacial score (nSPS) is 20.9. The van der Waals surface area contributed by atoms with Gasteiger partial charge in [-0.25, -0.2) is 0 Å². The molecule has 1 heterocycles. The number of rotatable bonds is 4. The van der Waals surface area contributed by atoms with E-state index in [1.807, 2.05) is 6.92 Å². The third-order valence-corrected chi connectivity index (χ3v) is 3.78. The van der Waals surface area contributed by atoms with Gasteiger partial charge in [0.15, 0.2) is 0 Å². The van der Waals surface area contributed by atoms with Crippen LogP contribution in [-0.4, -0.2) is 15.9 Å². The first-order chi connectivity index (χ1) is 10.3. The molecule has 1 aromatic heterocycles. The number of aromatic nitrogens is 2. The molecule has 0 saturated heterocycles. The van der Waals surface area contributed by atoms with Gasteiger partial charge in [-0.15, -0.1) is 0 Å². The van der Waals surface area contributed by atoms with E-state index in [0.29, 0.717) is 17.9 Å². The van der Waals surface area contributed by atoms with Gasteiger partial charge in [0, 0.05) is 17.9 Å². The molecule has 1 fully saturated rings. The Labute approximate surface area is 124 Å². The molecule has 2 aromatic rings. The molecule has 22 heavy (non-hydrogen) atoms. The largest absolute Gasteiger partial charge is 0.471 e. The molecule has 1 saturated carbocycles. The highest BCUT2D eigenvalue weighted by Gasteiger charge is 2.39. The highest BCUT2D eigenvalue weighted by Crippen LogP contribution is 2.39. The number of nitrogens with zero attached hydrogens (tertiary/aromatic N) is 2. The molecule has 1 aliphatic carbocycles. The number of hydrogen-bond acceptors (Lipinski definition) is 4. The fourth-order valence-electron chi connectivity index (χ4n) is 2.33. The molecule has 0 radical (unpaired) electrons. The van der Waals surface area contributed by atoms with Gasteiger partial charge in [-0.3, -0.25) is 4.79 Å². The van der Waals surface area contributed by atoms with Crippen molar-refractivity contribution in [1.29, 1.82) is 0 Å². The van der Waals surface area contributed by atoms with Crippen molar-refractivity contribution in [3.8, 4) is 11.4 Å². The molecule has 1 aliphatic rings. The number of benzene rings is 1. The van der Waals surface area contributed by atoms with Crippen molar-refractivity contribution in [2.45, 2.75) is 25.9 Å². The van der Waals surface area contributed by atoms with E-state index >= 15 is 0 Å². The van der Waals surface area contributed by atoms with Crippen molar-refractivity contribution in [2.24, 2.45) is 11.8 Å². The van der Waals surface area contributed by atoms with Crippen LogP contribution < -0.4 is 0 Å². The zero-order valence-electron chi connectivity index (χ0n) is 11.7. The summed E-state index contributed by atoms with van der Waals surface area (Å²) in [5.74, 6) is -0.664. The summed E-state index contributed by atoms with van der Waals surface area (Å²) in [5.41, 5.74) is 1.24. The summed E-state index contributed by atoms with van der Waals surface area (Å²) in [5, 5.41) is 3.32. The molecule has 4 nitrogen and oxygen atoms in total. The summed E-state index contributed by atoms with van der Waals surface area (Å²) >= 11 is 0. The maximum absolute atomic E-state index is 12.4. The summed E-state index contributed by atoms with van der Waals surface area (Å²) in [7, 11) is 0. The zero-order chi connectivity index (χ0) is 15.9. The lowest BCUT2D eigenvalue weighted by Crippen LogP contribution is -2.06. The van der Waals surface area contributed by atoms with E-state index in [0.717, 1.165) is 12.0 Å². The molecule has 0 spiro atoms. The fraction of sp³-hybridized carbons (Fsp3) is 0.400. The lowest BCUT2D eigenvalue weighted by Gasteiger charge is -2.01. The molecule has 2 atom stereocenters. The molecular formula is C15H13F3N2O2. The SMILES string of the molecule is CC1CC1C(=O)Cc1ccc(-c2noc(C(F)(F)F)n2)cc1. The van der Waals surface area contributed by atoms with E-state index in [9.17, 15) is 18.0 Å². The van der Waals surface area contributed by atoms with E-state index in [2.05, 4.69) is 14.7 Å². The summed E-state index contributed by atoms with van der Waals surface area (Å²) in [6.07, 6.45) is -3.37. The Morgan fingerprint density at radius 3 is 2.45 bits per heavy atom. The van der Waals surface area contributed by atoms with Gasteiger partial charge in [0.2, 0.25) is 5.82 Å². The predicted octanol–water partition coefficient (Wildman–Crippen LogP) is 3.52. The first kappa shape index (κ1) is 14.7. The van der Waals surface area contributed by atoms with Crippen molar-refractivity contribution in [3.63, 3.8) is 0 Å². The topological polar surface area (TPSA) is 56.0 Å². The van der Waals surface area contributed by atoms with E-state index in [4.69, 9.17) is 0 Å². The molecule has 7 heteroatoms. The zero-order valence-corrected chi connectivity index (χ0v) is 11.7. The minimum atomic E-state index is -4.65. The fourth-order valence-corrected chi connectivity index (χ4v) is 2.33. The molecule has 0 N–H and O–H groups in total. The third kappa shape index (κ3) is 3.03. The van der Waals surface area contributed by atoms with Gasteiger partial charge in [0.25, 0.3) is 0 Å². The van der Waals surface area contributed by atoms with Crippen LogP contribution in [0.15, 0.2) is 28.8 Å². The van der Waals surface area contributed by atoms with Crippen LogP contribution in [0.1, 0.15) is 24.8 Å². The number of carbonyl (C=O) groups excluding carboxylic acids is 1. The summed E-state index contributed by atoms with van der Waals surface area (Å²) in [6.45, 7) is 2.04. The number of halogens is 3. The second-order valence-electron chi connectivity index (χ2n) is 5.58. The Kier molecular flexibility index (Phi) is 3.50. The number of hydrogen-bond donors (Lipinski definition) is 0. The Bertz CT molecular complexity index is 692. The Hall–Kier alpha value is -2.18. The Balaban J connectivity index is 1.71. The monoisotopic (exact) mass is 310 g/mol. The van der Waals surface area contributed by atoms with Crippen LogP contribution in [0.25, 0.3) is 11.4 Å². The highest BCUT2D eigenvalue weighted by molar-refractivity contribution is 5.85. The van der Waals surface area contributed by atoms with E-state index < -0.39 is 12.1 Å². The summed E-state index contributed by atoms with van der Waals surface area (Å²) in [4.78, 5) is 15.2. The average molecular weight is 310 g/mol. The van der Waals surface area contributed by atoms with Crippen molar-refractivity contribution >= 4 is 5.78 Å². The quantitative estimate of drug-likeness (QED) is 0.867. The van der Waals surface area contributed by atoms with Crippen molar-refractivity contribution in [2.75, 3.05) is 0 Å². The van der Waals surface area contributed by atoms with Crippen LogP contribution in [-0.2, 0) is 17.4 Å². The van der Waals surface area contributed by atoms with E-state index in [1.165, 1.54) is 0 Å². The second-order valence-corrected chi connectivity index (χ2v) is 5.58. The van der Waals surface area contributed by atoms with Crippen molar-refractivity contribution < 1.29 is 22.5 Å². The number of alkyl halides is 3.